The van der Waals surface area contributed by atoms with Crippen LogP contribution >= 0.6 is 34.5 Å². The van der Waals surface area contributed by atoms with Crippen molar-refractivity contribution in [2.75, 3.05) is 0 Å². The summed E-state index contributed by atoms with van der Waals surface area (Å²) in [5.74, 6) is 0. The van der Waals surface area contributed by atoms with Crippen LogP contribution in [0.4, 0.5) is 0 Å². The number of hydrogen-bond donors (Lipinski definition) is 1. The zero-order valence-electron chi connectivity index (χ0n) is 6.10. The van der Waals surface area contributed by atoms with E-state index in [4.69, 9.17) is 28.9 Å². The quantitative estimate of drug-likeness (QED) is 0.797. The normalized spacial score (nSPS) is 13.5. The van der Waals surface area contributed by atoms with Crippen LogP contribution in [0.5, 0.6) is 0 Å². The summed E-state index contributed by atoms with van der Waals surface area (Å²) in [4.78, 5) is 0. The lowest BCUT2D eigenvalue weighted by Gasteiger charge is -2.01. The monoisotopic (exact) mass is 209 g/mol. The Hall–Kier alpha value is 0.240. The molecule has 0 fully saturated rings. The van der Waals surface area contributed by atoms with E-state index in [2.05, 4.69) is 0 Å². The molecule has 1 aromatic rings. The van der Waals surface area contributed by atoms with E-state index in [1.165, 1.54) is 11.3 Å². The minimum Gasteiger partial charge on any atom is -0.328 e. The second-order valence-electron chi connectivity index (χ2n) is 2.53. The van der Waals surface area contributed by atoms with Crippen molar-refractivity contribution in [3.8, 4) is 0 Å². The van der Waals surface area contributed by atoms with E-state index >= 15 is 0 Å². The highest BCUT2D eigenvalue weighted by atomic mass is 35.5. The van der Waals surface area contributed by atoms with Gasteiger partial charge in [0.1, 0.15) is 0 Å². The van der Waals surface area contributed by atoms with Gasteiger partial charge in [-0.25, -0.2) is 0 Å². The van der Waals surface area contributed by atoms with Gasteiger partial charge in [0.05, 0.1) is 8.67 Å². The van der Waals surface area contributed by atoms with Crippen LogP contribution in [0.3, 0.4) is 0 Å². The molecule has 1 atom stereocenters. The average Bonchev–Trinajstić information content (AvgIpc) is 2.09. The molecule has 2 N–H and O–H groups in total. The Kier molecular flexibility index (Phi) is 3.19. The van der Waals surface area contributed by atoms with E-state index in [1.807, 2.05) is 13.0 Å². The van der Waals surface area contributed by atoms with Gasteiger partial charge in [0.2, 0.25) is 0 Å². The molecule has 62 valence electrons. The van der Waals surface area contributed by atoms with Gasteiger partial charge in [0.15, 0.2) is 0 Å². The van der Waals surface area contributed by atoms with Gasteiger partial charge in [0.25, 0.3) is 0 Å². The number of hydrogen-bond acceptors (Lipinski definition) is 2. The van der Waals surface area contributed by atoms with Crippen molar-refractivity contribution >= 4 is 34.5 Å². The van der Waals surface area contributed by atoms with Crippen LogP contribution in [0.1, 0.15) is 12.5 Å². The lowest BCUT2D eigenvalue weighted by atomic mass is 10.1. The molecule has 0 radical (unpaired) electrons. The maximum Gasteiger partial charge on any atom is 0.0976 e. The zero-order valence-corrected chi connectivity index (χ0v) is 8.43. The molecule has 0 saturated carbocycles. The summed E-state index contributed by atoms with van der Waals surface area (Å²) in [6.45, 7) is 1.95. The van der Waals surface area contributed by atoms with Crippen molar-refractivity contribution in [2.24, 2.45) is 5.73 Å². The Morgan fingerprint density at radius 2 is 2.27 bits per heavy atom. The van der Waals surface area contributed by atoms with Gasteiger partial charge in [-0.15, -0.1) is 11.3 Å². The van der Waals surface area contributed by atoms with E-state index in [-0.39, 0.29) is 6.04 Å². The molecule has 1 unspecified atom stereocenters. The molecule has 1 nitrogen and oxygen atoms in total. The number of nitrogens with two attached hydrogens (primary N) is 1. The molecule has 1 aromatic heterocycles. The number of halogens is 2. The van der Waals surface area contributed by atoms with Crippen LogP contribution in [-0.2, 0) is 6.42 Å². The van der Waals surface area contributed by atoms with Crippen LogP contribution in [0.2, 0.25) is 8.67 Å². The molecular formula is C7H9Cl2NS. The molecule has 0 aliphatic carbocycles. The van der Waals surface area contributed by atoms with E-state index in [0.29, 0.717) is 0 Å². The van der Waals surface area contributed by atoms with Gasteiger partial charge < -0.3 is 5.73 Å². The third-order valence-electron chi connectivity index (χ3n) is 1.27. The fourth-order valence-electron chi connectivity index (χ4n) is 0.860. The second-order valence-corrected chi connectivity index (χ2v) is 4.82. The highest BCUT2D eigenvalue weighted by Crippen LogP contribution is 2.31. The highest BCUT2D eigenvalue weighted by molar-refractivity contribution is 7.20. The summed E-state index contributed by atoms with van der Waals surface area (Å²) >= 11 is 13.0. The van der Waals surface area contributed by atoms with Crippen LogP contribution in [-0.4, -0.2) is 6.04 Å². The van der Waals surface area contributed by atoms with Crippen molar-refractivity contribution in [1.82, 2.24) is 0 Å². The molecule has 0 bridgehead atoms. The first-order valence-corrected chi connectivity index (χ1v) is 4.86. The molecule has 0 spiro atoms. The number of rotatable bonds is 2. The summed E-state index contributed by atoms with van der Waals surface area (Å²) in [5.41, 5.74) is 6.66. The van der Waals surface area contributed by atoms with Crippen LogP contribution < -0.4 is 5.73 Å². The van der Waals surface area contributed by atoms with Gasteiger partial charge in [-0.3, -0.25) is 0 Å². The van der Waals surface area contributed by atoms with Crippen molar-refractivity contribution in [3.63, 3.8) is 0 Å². The molecule has 0 aliphatic heterocycles. The summed E-state index contributed by atoms with van der Waals surface area (Å²) in [5, 5.41) is 0. The first kappa shape index (κ1) is 9.33. The van der Waals surface area contributed by atoms with Crippen molar-refractivity contribution in [3.05, 3.63) is 20.3 Å². The Morgan fingerprint density at radius 3 is 2.64 bits per heavy atom. The van der Waals surface area contributed by atoms with E-state index < -0.39 is 0 Å². The highest BCUT2D eigenvalue weighted by Gasteiger charge is 2.06. The topological polar surface area (TPSA) is 26.0 Å². The first-order valence-electron chi connectivity index (χ1n) is 3.29. The Labute approximate surface area is 80.1 Å². The second kappa shape index (κ2) is 3.76. The molecule has 0 saturated heterocycles. The predicted octanol–water partition coefficient (Wildman–Crippen LogP) is 2.94. The number of thiophene rings is 1. The molecule has 0 amide bonds. The predicted molar refractivity (Wildman–Crippen MR) is 51.7 cm³/mol. The summed E-state index contributed by atoms with van der Waals surface area (Å²) in [6.07, 6.45) is 0.794. The molecule has 1 heterocycles. The third-order valence-corrected chi connectivity index (χ3v) is 2.84. The fraction of sp³-hybridized carbons (Fsp3) is 0.429. The van der Waals surface area contributed by atoms with Gasteiger partial charge >= 0.3 is 0 Å². The average molecular weight is 210 g/mol. The van der Waals surface area contributed by atoms with Crippen molar-refractivity contribution in [2.45, 2.75) is 19.4 Å². The first-order chi connectivity index (χ1) is 5.09. The summed E-state index contributed by atoms with van der Waals surface area (Å²) in [7, 11) is 0. The largest absolute Gasteiger partial charge is 0.328 e. The van der Waals surface area contributed by atoms with Crippen LogP contribution in [0.25, 0.3) is 0 Å². The molecular weight excluding hydrogens is 201 g/mol. The smallest absolute Gasteiger partial charge is 0.0976 e. The van der Waals surface area contributed by atoms with Gasteiger partial charge in [-0.1, -0.05) is 23.2 Å². The lowest BCUT2D eigenvalue weighted by molar-refractivity contribution is 0.740. The van der Waals surface area contributed by atoms with E-state index in [0.717, 1.165) is 20.7 Å². The maximum atomic E-state index is 5.87. The van der Waals surface area contributed by atoms with Gasteiger partial charge in [0, 0.05) is 6.04 Å². The standard InChI is InChI=1S/C7H9Cl2NS/c1-4(10)2-5-3-6(8)11-7(5)9/h3-4H,2,10H2,1H3. The zero-order chi connectivity index (χ0) is 8.43. The van der Waals surface area contributed by atoms with Crippen molar-refractivity contribution < 1.29 is 0 Å². The van der Waals surface area contributed by atoms with Gasteiger partial charge in [-0.2, -0.15) is 0 Å². The summed E-state index contributed by atoms with van der Waals surface area (Å²) in [6, 6.07) is 2.01. The molecule has 1 rings (SSSR count). The van der Waals surface area contributed by atoms with E-state index in [9.17, 15) is 0 Å². The minimum atomic E-state index is 0.137. The molecule has 4 heteroatoms. The fourth-order valence-corrected chi connectivity index (χ4v) is 2.37. The summed E-state index contributed by atoms with van der Waals surface area (Å²) < 4.78 is 1.48. The Morgan fingerprint density at radius 1 is 1.64 bits per heavy atom. The van der Waals surface area contributed by atoms with Crippen LogP contribution in [0, 0.1) is 0 Å². The lowest BCUT2D eigenvalue weighted by Crippen LogP contribution is -2.17. The van der Waals surface area contributed by atoms with Crippen molar-refractivity contribution in [1.29, 1.82) is 0 Å². The van der Waals surface area contributed by atoms with E-state index in [1.54, 1.807) is 0 Å². The third kappa shape index (κ3) is 2.64. The molecule has 11 heavy (non-hydrogen) atoms. The Bertz CT molecular complexity index is 245. The maximum absolute atomic E-state index is 5.87. The SMILES string of the molecule is CC(N)Cc1cc(Cl)sc1Cl. The van der Waals surface area contributed by atoms with Crippen LogP contribution in [0.15, 0.2) is 6.07 Å². The Balaban J connectivity index is 2.77. The van der Waals surface area contributed by atoms with Gasteiger partial charge in [-0.05, 0) is 25.0 Å². The molecule has 0 aromatic carbocycles. The minimum absolute atomic E-state index is 0.137. The molecule has 0 aliphatic rings.